The van der Waals surface area contributed by atoms with Crippen molar-refractivity contribution in [2.24, 2.45) is 0 Å². The zero-order chi connectivity index (χ0) is 28.7. The second kappa shape index (κ2) is 10.2. The van der Waals surface area contributed by atoms with Gasteiger partial charge in [-0.2, -0.15) is 26.3 Å². The molecule has 0 fully saturated rings. The number of H-pyrrole nitrogens is 1. The molecule has 5 aromatic rings. The molecule has 0 saturated carbocycles. The number of nitrogens with zero attached hydrogens (tertiary/aromatic N) is 5. The van der Waals surface area contributed by atoms with Gasteiger partial charge in [0, 0.05) is 11.1 Å². The van der Waals surface area contributed by atoms with Gasteiger partial charge in [0.15, 0.2) is 0 Å². The highest BCUT2D eigenvalue weighted by molar-refractivity contribution is 6.35. The molecule has 14 heteroatoms. The van der Waals surface area contributed by atoms with Crippen LogP contribution < -0.4 is 0 Å². The minimum Gasteiger partial charge on any atom is -0.287 e. The van der Waals surface area contributed by atoms with Gasteiger partial charge in [-0.05, 0) is 35.9 Å². The number of benzene rings is 3. The summed E-state index contributed by atoms with van der Waals surface area (Å²) in [6.07, 6.45) is -10.0. The highest BCUT2D eigenvalue weighted by Gasteiger charge is 2.37. The molecule has 40 heavy (non-hydrogen) atoms. The van der Waals surface area contributed by atoms with Crippen LogP contribution in [0.4, 0.5) is 26.3 Å². The van der Waals surface area contributed by atoms with E-state index in [9.17, 15) is 31.1 Å². The maximum Gasteiger partial charge on any atom is 0.416 e. The van der Waals surface area contributed by atoms with Crippen molar-refractivity contribution in [3.63, 3.8) is 0 Å². The van der Waals surface area contributed by atoms with Crippen LogP contribution in [0.5, 0.6) is 0 Å². The predicted octanol–water partition coefficient (Wildman–Crippen LogP) is 6.70. The van der Waals surface area contributed by atoms with Crippen molar-refractivity contribution in [2.45, 2.75) is 18.9 Å². The summed E-state index contributed by atoms with van der Waals surface area (Å²) in [5.74, 6) is -0.563. The standard InChI is InChI=1S/C26H15ClF6N6O/c27-19-9-5-4-8-18(19)24(40)22-20(34-37-35-22)21-23(15-6-2-1-3-7-15)39(38-36-21)13-14-10-16(25(28,29)30)12-17(11-14)26(31,32)33/h1-12H,13H2,(H,34,35,37). The highest BCUT2D eigenvalue weighted by atomic mass is 35.5. The fraction of sp³-hybridized carbons (Fsp3) is 0.115. The highest BCUT2D eigenvalue weighted by Crippen LogP contribution is 2.37. The molecule has 0 atom stereocenters. The average Bonchev–Trinajstić information content (AvgIpc) is 3.55. The lowest BCUT2D eigenvalue weighted by atomic mass is 10.0. The molecule has 0 aliphatic carbocycles. The summed E-state index contributed by atoms with van der Waals surface area (Å²) < 4.78 is 81.7. The molecule has 5 rings (SSSR count). The minimum absolute atomic E-state index is 0.0263. The molecule has 0 aliphatic heterocycles. The number of halogens is 7. The second-order valence-corrected chi connectivity index (χ2v) is 8.98. The smallest absolute Gasteiger partial charge is 0.287 e. The van der Waals surface area contributed by atoms with Crippen molar-refractivity contribution in [3.8, 4) is 22.6 Å². The molecule has 0 radical (unpaired) electrons. The number of hydrogen-bond acceptors (Lipinski definition) is 5. The number of aromatic amines is 1. The lowest BCUT2D eigenvalue weighted by Gasteiger charge is -2.15. The van der Waals surface area contributed by atoms with Crippen molar-refractivity contribution < 1.29 is 31.1 Å². The van der Waals surface area contributed by atoms with E-state index < -0.39 is 35.8 Å². The SMILES string of the molecule is O=C(c1ccccc1Cl)c1[nH]nnc1-c1nnn(Cc2cc(C(F)(F)F)cc(C(F)(F)F)c2)c1-c1ccccc1. The average molecular weight is 577 g/mol. The number of alkyl halides is 6. The van der Waals surface area contributed by atoms with E-state index in [1.54, 1.807) is 42.5 Å². The van der Waals surface area contributed by atoms with Crippen LogP contribution in [-0.4, -0.2) is 36.2 Å². The Morgan fingerprint density at radius 1 is 0.825 bits per heavy atom. The molecule has 1 N–H and O–H groups in total. The Labute approximate surface area is 226 Å². The zero-order valence-corrected chi connectivity index (χ0v) is 20.7. The third kappa shape index (κ3) is 5.32. The lowest BCUT2D eigenvalue weighted by molar-refractivity contribution is -0.143. The normalized spacial score (nSPS) is 12.1. The van der Waals surface area contributed by atoms with Crippen molar-refractivity contribution in [1.82, 2.24) is 30.4 Å². The topological polar surface area (TPSA) is 89.3 Å². The van der Waals surface area contributed by atoms with E-state index in [4.69, 9.17) is 11.6 Å². The van der Waals surface area contributed by atoms with Crippen molar-refractivity contribution >= 4 is 17.4 Å². The van der Waals surface area contributed by atoms with E-state index in [1.165, 1.54) is 12.1 Å². The summed E-state index contributed by atoms with van der Waals surface area (Å²) >= 11 is 6.18. The van der Waals surface area contributed by atoms with Crippen LogP contribution in [0.3, 0.4) is 0 Å². The van der Waals surface area contributed by atoms with Crippen LogP contribution in [0.2, 0.25) is 5.02 Å². The number of carbonyl (C=O) groups excluding carboxylic acids is 1. The van der Waals surface area contributed by atoms with Crippen LogP contribution >= 0.6 is 11.6 Å². The van der Waals surface area contributed by atoms with Crippen molar-refractivity contribution in [3.05, 3.63) is 106 Å². The van der Waals surface area contributed by atoms with Crippen LogP contribution in [0.15, 0.2) is 72.8 Å². The minimum atomic E-state index is -5.01. The Kier molecular flexibility index (Phi) is 6.92. The van der Waals surface area contributed by atoms with E-state index in [0.29, 0.717) is 17.7 Å². The number of nitrogens with one attached hydrogen (secondary N) is 1. The Hall–Kier alpha value is -4.52. The van der Waals surface area contributed by atoms with Crippen LogP contribution in [0.1, 0.15) is 32.7 Å². The van der Waals surface area contributed by atoms with Crippen LogP contribution in [0.25, 0.3) is 22.6 Å². The van der Waals surface area contributed by atoms with Gasteiger partial charge < -0.3 is 0 Å². The lowest BCUT2D eigenvalue weighted by Crippen LogP contribution is -2.13. The first-order chi connectivity index (χ1) is 18.9. The summed E-state index contributed by atoms with van der Waals surface area (Å²) in [5.41, 5.74) is -2.52. The molecule has 0 unspecified atom stereocenters. The van der Waals surface area contributed by atoms with Gasteiger partial charge in [0.05, 0.1) is 28.4 Å². The molecule has 0 spiro atoms. The summed E-state index contributed by atoms with van der Waals surface area (Å²) in [4.78, 5) is 13.3. The van der Waals surface area contributed by atoms with Gasteiger partial charge in [0.25, 0.3) is 0 Å². The summed E-state index contributed by atoms with van der Waals surface area (Å²) in [6.45, 7) is -0.504. The number of aromatic nitrogens is 6. The van der Waals surface area contributed by atoms with Crippen LogP contribution in [-0.2, 0) is 18.9 Å². The van der Waals surface area contributed by atoms with Gasteiger partial charge in [0.2, 0.25) is 5.78 Å². The summed E-state index contributed by atoms with van der Waals surface area (Å²) in [6, 6.07) is 15.9. The summed E-state index contributed by atoms with van der Waals surface area (Å²) in [7, 11) is 0. The van der Waals surface area contributed by atoms with Gasteiger partial charge >= 0.3 is 12.4 Å². The Morgan fingerprint density at radius 3 is 2.08 bits per heavy atom. The van der Waals surface area contributed by atoms with Gasteiger partial charge in [0.1, 0.15) is 17.1 Å². The Balaban J connectivity index is 1.64. The molecule has 0 aliphatic rings. The number of rotatable bonds is 6. The zero-order valence-electron chi connectivity index (χ0n) is 19.9. The van der Waals surface area contributed by atoms with Crippen molar-refractivity contribution in [1.29, 1.82) is 0 Å². The first kappa shape index (κ1) is 27.1. The molecule has 2 aromatic heterocycles. The molecule has 0 bridgehead atoms. The third-order valence-electron chi connectivity index (χ3n) is 5.88. The fourth-order valence-electron chi connectivity index (χ4n) is 4.08. The first-order valence-electron chi connectivity index (χ1n) is 11.4. The predicted molar refractivity (Wildman–Crippen MR) is 131 cm³/mol. The number of ketones is 1. The van der Waals surface area contributed by atoms with E-state index in [-0.39, 0.29) is 45.0 Å². The third-order valence-corrected chi connectivity index (χ3v) is 6.21. The second-order valence-electron chi connectivity index (χ2n) is 8.57. The largest absolute Gasteiger partial charge is 0.416 e. The van der Waals surface area contributed by atoms with Gasteiger partial charge in [-0.25, -0.2) is 4.68 Å². The molecule has 0 saturated heterocycles. The van der Waals surface area contributed by atoms with E-state index in [1.807, 2.05) is 0 Å². The molecule has 3 aromatic carbocycles. The molecule has 2 heterocycles. The quantitative estimate of drug-likeness (QED) is 0.179. The monoisotopic (exact) mass is 576 g/mol. The van der Waals surface area contributed by atoms with E-state index in [2.05, 4.69) is 25.7 Å². The molecule has 7 nitrogen and oxygen atoms in total. The van der Waals surface area contributed by atoms with Gasteiger partial charge in [-0.3, -0.25) is 9.89 Å². The summed E-state index contributed by atoms with van der Waals surface area (Å²) in [5, 5.41) is 18.5. The van der Waals surface area contributed by atoms with E-state index in [0.717, 1.165) is 4.68 Å². The first-order valence-corrected chi connectivity index (χ1v) is 11.8. The van der Waals surface area contributed by atoms with Gasteiger partial charge in [-0.1, -0.05) is 64.5 Å². The maximum absolute atomic E-state index is 13.4. The Bertz CT molecular complexity index is 1660. The van der Waals surface area contributed by atoms with Gasteiger partial charge in [-0.15, -0.1) is 10.2 Å². The van der Waals surface area contributed by atoms with Crippen molar-refractivity contribution in [2.75, 3.05) is 0 Å². The molecular formula is C26H15ClF6N6O. The Morgan fingerprint density at radius 2 is 1.45 bits per heavy atom. The molecule has 0 amide bonds. The fourth-order valence-corrected chi connectivity index (χ4v) is 4.30. The number of carbonyl (C=O) groups is 1. The molecule has 204 valence electrons. The maximum atomic E-state index is 13.4. The van der Waals surface area contributed by atoms with Crippen LogP contribution in [0, 0.1) is 0 Å². The van der Waals surface area contributed by atoms with E-state index >= 15 is 0 Å². The molecular weight excluding hydrogens is 562 g/mol. The number of hydrogen-bond donors (Lipinski definition) is 1.